The van der Waals surface area contributed by atoms with Crippen molar-refractivity contribution in [3.63, 3.8) is 0 Å². The zero-order valence-electron chi connectivity index (χ0n) is 13.9. The van der Waals surface area contributed by atoms with Gasteiger partial charge in [0.25, 0.3) is 0 Å². The lowest BCUT2D eigenvalue weighted by Crippen LogP contribution is -2.37. The van der Waals surface area contributed by atoms with Gasteiger partial charge in [-0.3, -0.25) is 0 Å². The molecule has 0 radical (unpaired) electrons. The molecule has 0 saturated heterocycles. The third-order valence-electron chi connectivity index (χ3n) is 2.75. The van der Waals surface area contributed by atoms with Crippen LogP contribution in [-0.2, 0) is 4.74 Å². The van der Waals surface area contributed by atoms with Crippen LogP contribution in [0.2, 0.25) is 0 Å². The fraction of sp³-hybridized carbons (Fsp3) is 0.444. The fourth-order valence-corrected chi connectivity index (χ4v) is 1.07. The first-order valence-corrected chi connectivity index (χ1v) is 7.30. The molecule has 0 aliphatic rings. The molecule has 0 heterocycles. The molecule has 1 aromatic carbocycles. The number of aliphatic hydroxyl groups is 4. The van der Waals surface area contributed by atoms with Crippen LogP contribution in [0.25, 0.3) is 0 Å². The Kier molecular flexibility index (Phi) is 17.4. The lowest BCUT2D eigenvalue weighted by atomic mass is 9.93. The van der Waals surface area contributed by atoms with Crippen LogP contribution in [0, 0.1) is 12.3 Å². The largest absolute Gasteiger partial charge is 0.396 e. The van der Waals surface area contributed by atoms with Gasteiger partial charge >= 0.3 is 0 Å². The Morgan fingerprint density at radius 1 is 0.870 bits per heavy atom. The fourth-order valence-electron chi connectivity index (χ4n) is 1.07. The molecule has 1 rings (SSSR count). The first kappa shape index (κ1) is 23.8. The van der Waals surface area contributed by atoms with Crippen LogP contribution in [0.15, 0.2) is 55.6 Å². The van der Waals surface area contributed by atoms with E-state index in [1.54, 1.807) is 12.2 Å². The van der Waals surface area contributed by atoms with E-state index in [1.165, 1.54) is 5.56 Å². The number of benzene rings is 1. The lowest BCUT2D eigenvalue weighted by molar-refractivity contribution is -0.0328. The van der Waals surface area contributed by atoms with Gasteiger partial charge in [0, 0.05) is 0 Å². The van der Waals surface area contributed by atoms with Crippen LogP contribution in [0.5, 0.6) is 0 Å². The van der Waals surface area contributed by atoms with Crippen molar-refractivity contribution in [2.24, 2.45) is 5.41 Å². The van der Waals surface area contributed by atoms with Crippen molar-refractivity contribution in [1.29, 1.82) is 0 Å². The Morgan fingerprint density at radius 3 is 1.43 bits per heavy atom. The summed E-state index contributed by atoms with van der Waals surface area (Å²) in [6, 6.07) is 10.3. The van der Waals surface area contributed by atoms with Crippen molar-refractivity contribution < 1.29 is 25.2 Å². The van der Waals surface area contributed by atoms with E-state index in [2.05, 4.69) is 32.2 Å². The van der Waals surface area contributed by atoms with Crippen molar-refractivity contribution in [2.75, 3.05) is 39.6 Å². The Morgan fingerprint density at radius 2 is 1.26 bits per heavy atom. The first-order valence-electron chi connectivity index (χ1n) is 7.30. The molecule has 0 amide bonds. The smallest absolute Gasteiger partial charge is 0.0649 e. The van der Waals surface area contributed by atoms with E-state index < -0.39 is 31.8 Å². The molecule has 1 aromatic rings. The third-order valence-corrected chi connectivity index (χ3v) is 2.75. The summed E-state index contributed by atoms with van der Waals surface area (Å²) in [6.45, 7) is 8.64. The summed E-state index contributed by atoms with van der Waals surface area (Å²) in [5.74, 6) is 0. The van der Waals surface area contributed by atoms with Gasteiger partial charge in [-0.05, 0) is 6.92 Å². The highest BCUT2D eigenvalue weighted by atomic mass is 16.5. The molecule has 0 unspecified atom stereocenters. The van der Waals surface area contributed by atoms with E-state index >= 15 is 0 Å². The molecule has 0 aliphatic carbocycles. The van der Waals surface area contributed by atoms with Crippen LogP contribution in [0.1, 0.15) is 5.56 Å². The summed E-state index contributed by atoms with van der Waals surface area (Å²) in [7, 11) is 0. The number of rotatable bonds is 8. The minimum atomic E-state index is -1.11. The van der Waals surface area contributed by atoms with Crippen LogP contribution in [0.4, 0.5) is 0 Å². The summed E-state index contributed by atoms with van der Waals surface area (Å²) in [5.41, 5.74) is 0.211. The van der Waals surface area contributed by atoms with Gasteiger partial charge in [0.2, 0.25) is 0 Å². The van der Waals surface area contributed by atoms with Gasteiger partial charge in [-0.25, -0.2) is 0 Å². The topological polar surface area (TPSA) is 90.2 Å². The maximum absolute atomic E-state index is 8.50. The second kappa shape index (κ2) is 16.9. The first-order chi connectivity index (χ1) is 11.1. The Labute approximate surface area is 139 Å². The second-order valence-corrected chi connectivity index (χ2v) is 4.90. The van der Waals surface area contributed by atoms with E-state index in [9.17, 15) is 0 Å². The standard InChI is InChI=1S/C7H8.C6H10O.C5H12O4/c1-7-5-3-2-4-6-7;1-3-5-7-6-4-2;6-1-5(2-7,3-8)4-9/h2-6H,1H3;3-4H,1-2,5-6H2;6-9H,1-4H2. The van der Waals surface area contributed by atoms with Crippen LogP contribution < -0.4 is 0 Å². The normalized spacial score (nSPS) is 9.78. The molecule has 0 fully saturated rings. The summed E-state index contributed by atoms with van der Waals surface area (Å²) in [6.07, 6.45) is 3.42. The molecule has 23 heavy (non-hydrogen) atoms. The van der Waals surface area contributed by atoms with Crippen LogP contribution in [0.3, 0.4) is 0 Å². The van der Waals surface area contributed by atoms with Gasteiger partial charge in [0.15, 0.2) is 0 Å². The maximum Gasteiger partial charge on any atom is 0.0649 e. The molecule has 4 N–H and O–H groups in total. The average Bonchev–Trinajstić information content (AvgIpc) is 2.60. The van der Waals surface area contributed by atoms with Gasteiger partial charge in [-0.1, -0.05) is 48.0 Å². The molecule has 5 nitrogen and oxygen atoms in total. The third kappa shape index (κ3) is 13.9. The molecular weight excluding hydrogens is 296 g/mol. The quantitative estimate of drug-likeness (QED) is 0.427. The van der Waals surface area contributed by atoms with E-state index in [0.29, 0.717) is 13.2 Å². The molecule has 5 heteroatoms. The molecule has 0 saturated carbocycles. The molecule has 0 aliphatic heterocycles. The minimum Gasteiger partial charge on any atom is -0.396 e. The Bertz CT molecular complexity index is 349. The van der Waals surface area contributed by atoms with Gasteiger partial charge in [-0.15, -0.1) is 13.2 Å². The van der Waals surface area contributed by atoms with Crippen LogP contribution >= 0.6 is 0 Å². The molecule has 0 atom stereocenters. The second-order valence-electron chi connectivity index (χ2n) is 4.90. The number of aliphatic hydroxyl groups excluding tert-OH is 4. The Balaban J connectivity index is 0. The molecule has 0 spiro atoms. The van der Waals surface area contributed by atoms with E-state index in [1.807, 2.05) is 18.2 Å². The van der Waals surface area contributed by atoms with Gasteiger partial charge in [-0.2, -0.15) is 0 Å². The highest BCUT2D eigenvalue weighted by Crippen LogP contribution is 2.11. The summed E-state index contributed by atoms with van der Waals surface area (Å²) < 4.78 is 4.90. The summed E-state index contributed by atoms with van der Waals surface area (Å²) in [4.78, 5) is 0. The highest BCUT2D eigenvalue weighted by molar-refractivity contribution is 5.11. The summed E-state index contributed by atoms with van der Waals surface area (Å²) >= 11 is 0. The van der Waals surface area contributed by atoms with Crippen molar-refractivity contribution >= 4 is 0 Å². The average molecular weight is 326 g/mol. The monoisotopic (exact) mass is 326 g/mol. The van der Waals surface area contributed by atoms with Crippen molar-refractivity contribution in [2.45, 2.75) is 6.92 Å². The van der Waals surface area contributed by atoms with Gasteiger partial charge in [0.05, 0.1) is 45.1 Å². The minimum absolute atomic E-state index is 0.406. The molecule has 0 aromatic heterocycles. The number of ether oxygens (including phenoxy) is 1. The summed E-state index contributed by atoms with van der Waals surface area (Å²) in [5, 5.41) is 34.0. The predicted molar refractivity (Wildman–Crippen MR) is 93.2 cm³/mol. The van der Waals surface area contributed by atoms with E-state index in [0.717, 1.165) is 0 Å². The van der Waals surface area contributed by atoms with Crippen molar-refractivity contribution in [1.82, 2.24) is 0 Å². The maximum atomic E-state index is 8.50. The number of hydrogen-bond donors (Lipinski definition) is 4. The SMILES string of the molecule is C=CCOCC=C.Cc1ccccc1.OCC(CO)(CO)CO. The lowest BCUT2D eigenvalue weighted by Gasteiger charge is -2.23. The van der Waals surface area contributed by atoms with E-state index in [4.69, 9.17) is 25.2 Å². The zero-order chi connectivity index (χ0) is 18.0. The van der Waals surface area contributed by atoms with Crippen LogP contribution in [-0.4, -0.2) is 60.1 Å². The molecule has 132 valence electrons. The Hall–Kier alpha value is -1.50. The molecular formula is C18H30O5. The van der Waals surface area contributed by atoms with E-state index in [-0.39, 0.29) is 0 Å². The van der Waals surface area contributed by atoms with Crippen molar-refractivity contribution in [3.05, 3.63) is 61.2 Å². The number of aryl methyl sites for hydroxylation is 1. The predicted octanol–water partition coefficient (Wildman–Crippen LogP) is 1.31. The van der Waals surface area contributed by atoms with Gasteiger partial charge in [0.1, 0.15) is 0 Å². The highest BCUT2D eigenvalue weighted by Gasteiger charge is 2.26. The van der Waals surface area contributed by atoms with Gasteiger partial charge < -0.3 is 25.2 Å². The zero-order valence-corrected chi connectivity index (χ0v) is 13.9. The number of hydrogen-bond acceptors (Lipinski definition) is 5. The molecule has 0 bridgehead atoms. The van der Waals surface area contributed by atoms with Crippen molar-refractivity contribution in [3.8, 4) is 0 Å².